The maximum atomic E-state index is 13.2. The number of urea groups is 1. The summed E-state index contributed by atoms with van der Waals surface area (Å²) in [6.45, 7) is 5.56. The highest BCUT2D eigenvalue weighted by Crippen LogP contribution is 2.31. The van der Waals surface area contributed by atoms with Gasteiger partial charge in [0.1, 0.15) is 5.82 Å². The third kappa shape index (κ3) is 3.19. The largest absolute Gasteiger partial charge is 0.349 e. The molecule has 0 bridgehead atoms. The number of anilines is 3. The summed E-state index contributed by atoms with van der Waals surface area (Å²) < 4.78 is 13.2. The Morgan fingerprint density at radius 1 is 1.42 bits per heavy atom. The van der Waals surface area contributed by atoms with Crippen LogP contribution in [0.15, 0.2) is 49.2 Å². The van der Waals surface area contributed by atoms with E-state index in [9.17, 15) is 9.18 Å². The first-order valence-corrected chi connectivity index (χ1v) is 7.82. The molecule has 0 saturated carbocycles. The number of halogens is 2. The van der Waals surface area contributed by atoms with Gasteiger partial charge in [0.2, 0.25) is 0 Å². The standard InChI is InChI=1S/C17H16ClFN4O/c1-2-8-22-9-10-23(15-4-3-7-20-16(15)22)17(24)21-12-5-6-14(19)13(18)11-12/h2-7,11H,1,8-10H2,(H,21,24). The molecule has 0 fully saturated rings. The first-order valence-electron chi connectivity index (χ1n) is 7.44. The van der Waals surface area contributed by atoms with Crippen molar-refractivity contribution in [1.29, 1.82) is 0 Å². The lowest BCUT2D eigenvalue weighted by Gasteiger charge is -2.36. The Hall–Kier alpha value is -2.60. The maximum absolute atomic E-state index is 13.2. The lowest BCUT2D eigenvalue weighted by Crippen LogP contribution is -2.46. The van der Waals surface area contributed by atoms with E-state index in [4.69, 9.17) is 11.6 Å². The predicted octanol–water partition coefficient (Wildman–Crippen LogP) is 3.92. The van der Waals surface area contributed by atoms with Gasteiger partial charge in [0.25, 0.3) is 0 Å². The fraction of sp³-hybridized carbons (Fsp3) is 0.176. The van der Waals surface area contributed by atoms with Crippen LogP contribution >= 0.6 is 11.6 Å². The fourth-order valence-corrected chi connectivity index (χ4v) is 2.78. The number of fused-ring (bicyclic) bond motifs is 1. The molecule has 2 heterocycles. The third-order valence-electron chi connectivity index (χ3n) is 3.72. The van der Waals surface area contributed by atoms with Gasteiger partial charge in [-0.15, -0.1) is 6.58 Å². The van der Waals surface area contributed by atoms with Gasteiger partial charge >= 0.3 is 6.03 Å². The minimum atomic E-state index is -0.526. The minimum absolute atomic E-state index is 0.0364. The number of amides is 2. The Kier molecular flexibility index (Phi) is 4.66. The van der Waals surface area contributed by atoms with Crippen molar-refractivity contribution >= 4 is 34.8 Å². The molecule has 24 heavy (non-hydrogen) atoms. The van der Waals surface area contributed by atoms with Crippen molar-refractivity contribution in [3.8, 4) is 0 Å². The molecule has 0 saturated heterocycles. The Morgan fingerprint density at radius 3 is 3.00 bits per heavy atom. The molecule has 1 N–H and O–H groups in total. The second-order valence-corrected chi connectivity index (χ2v) is 5.70. The van der Waals surface area contributed by atoms with Gasteiger partial charge in [0.15, 0.2) is 5.82 Å². The number of carbonyl (C=O) groups is 1. The highest BCUT2D eigenvalue weighted by Gasteiger charge is 2.27. The van der Waals surface area contributed by atoms with Gasteiger partial charge in [0.05, 0.1) is 10.7 Å². The zero-order valence-electron chi connectivity index (χ0n) is 12.9. The van der Waals surface area contributed by atoms with Gasteiger partial charge in [-0.2, -0.15) is 0 Å². The van der Waals surface area contributed by atoms with E-state index in [1.807, 2.05) is 6.07 Å². The van der Waals surface area contributed by atoms with Crippen LogP contribution in [0.3, 0.4) is 0 Å². The van der Waals surface area contributed by atoms with Crippen molar-refractivity contribution in [2.75, 3.05) is 34.8 Å². The van der Waals surface area contributed by atoms with Gasteiger partial charge in [-0.1, -0.05) is 17.7 Å². The lowest BCUT2D eigenvalue weighted by atomic mass is 10.2. The van der Waals surface area contributed by atoms with E-state index >= 15 is 0 Å². The van der Waals surface area contributed by atoms with E-state index in [1.54, 1.807) is 23.2 Å². The summed E-state index contributed by atoms with van der Waals surface area (Å²) >= 11 is 5.75. The summed E-state index contributed by atoms with van der Waals surface area (Å²) in [4.78, 5) is 20.6. The average molecular weight is 347 g/mol. The molecule has 5 nitrogen and oxygen atoms in total. The highest BCUT2D eigenvalue weighted by molar-refractivity contribution is 6.31. The number of pyridine rings is 1. The van der Waals surface area contributed by atoms with Crippen LogP contribution in [-0.4, -0.2) is 30.6 Å². The van der Waals surface area contributed by atoms with E-state index in [2.05, 4.69) is 21.8 Å². The van der Waals surface area contributed by atoms with Crippen LogP contribution in [0.4, 0.5) is 26.4 Å². The van der Waals surface area contributed by atoms with Gasteiger partial charge in [-0.05, 0) is 30.3 Å². The molecule has 1 aliphatic heterocycles. The quantitative estimate of drug-likeness (QED) is 0.857. The van der Waals surface area contributed by atoms with Gasteiger partial charge in [0, 0.05) is 31.5 Å². The Bertz CT molecular complexity index is 783. The first-order chi connectivity index (χ1) is 11.6. The van der Waals surface area contributed by atoms with Crippen LogP contribution in [0.25, 0.3) is 0 Å². The van der Waals surface area contributed by atoms with Gasteiger partial charge in [-0.25, -0.2) is 14.2 Å². The molecule has 7 heteroatoms. The maximum Gasteiger partial charge on any atom is 0.326 e. The average Bonchev–Trinajstić information content (AvgIpc) is 2.58. The number of nitrogens with one attached hydrogen (secondary N) is 1. The number of carbonyl (C=O) groups excluding carboxylic acids is 1. The van der Waals surface area contributed by atoms with E-state index in [0.29, 0.717) is 25.3 Å². The lowest BCUT2D eigenvalue weighted by molar-refractivity contribution is 0.256. The summed E-state index contributed by atoms with van der Waals surface area (Å²) in [5.74, 6) is 0.207. The van der Waals surface area contributed by atoms with E-state index in [0.717, 1.165) is 11.5 Å². The number of rotatable bonds is 3. The van der Waals surface area contributed by atoms with Crippen LogP contribution in [0, 0.1) is 5.82 Å². The highest BCUT2D eigenvalue weighted by atomic mass is 35.5. The molecule has 1 aromatic carbocycles. The molecule has 0 atom stereocenters. The summed E-state index contributed by atoms with van der Waals surface area (Å²) in [5.41, 5.74) is 1.15. The van der Waals surface area contributed by atoms with E-state index in [-0.39, 0.29) is 11.1 Å². The topological polar surface area (TPSA) is 48.5 Å². The monoisotopic (exact) mass is 346 g/mol. The summed E-state index contributed by atoms with van der Waals surface area (Å²) in [7, 11) is 0. The SMILES string of the molecule is C=CCN1CCN(C(=O)Nc2ccc(F)c(Cl)c2)c2cccnc21. The number of aromatic nitrogens is 1. The van der Waals surface area contributed by atoms with E-state index in [1.165, 1.54) is 18.2 Å². The second kappa shape index (κ2) is 6.88. The van der Waals surface area contributed by atoms with Crippen LogP contribution in [0.5, 0.6) is 0 Å². The minimum Gasteiger partial charge on any atom is -0.349 e. The van der Waals surface area contributed by atoms with E-state index < -0.39 is 5.82 Å². The number of hydrogen-bond donors (Lipinski definition) is 1. The molecule has 0 unspecified atom stereocenters. The molecule has 0 spiro atoms. The van der Waals surface area contributed by atoms with Crippen LogP contribution in [-0.2, 0) is 0 Å². The first kappa shape index (κ1) is 16.3. The molecule has 0 aliphatic carbocycles. The molecule has 1 aliphatic rings. The predicted molar refractivity (Wildman–Crippen MR) is 94.4 cm³/mol. The van der Waals surface area contributed by atoms with Crippen molar-refractivity contribution in [1.82, 2.24) is 4.98 Å². The van der Waals surface area contributed by atoms with Crippen molar-refractivity contribution < 1.29 is 9.18 Å². The smallest absolute Gasteiger partial charge is 0.326 e. The van der Waals surface area contributed by atoms with Crippen molar-refractivity contribution in [3.63, 3.8) is 0 Å². The molecule has 2 amide bonds. The molecular weight excluding hydrogens is 331 g/mol. The zero-order valence-corrected chi connectivity index (χ0v) is 13.6. The zero-order chi connectivity index (χ0) is 17.1. The van der Waals surface area contributed by atoms with Crippen LogP contribution < -0.4 is 15.1 Å². The van der Waals surface area contributed by atoms with Gasteiger partial charge in [-0.3, -0.25) is 4.90 Å². The fourth-order valence-electron chi connectivity index (χ4n) is 2.60. The van der Waals surface area contributed by atoms with Crippen LogP contribution in [0.1, 0.15) is 0 Å². The van der Waals surface area contributed by atoms with Crippen LogP contribution in [0.2, 0.25) is 5.02 Å². The van der Waals surface area contributed by atoms with Crippen molar-refractivity contribution in [2.24, 2.45) is 0 Å². The molecule has 1 aromatic heterocycles. The third-order valence-corrected chi connectivity index (χ3v) is 4.01. The normalized spacial score (nSPS) is 13.4. The molecule has 2 aromatic rings. The molecule has 0 radical (unpaired) electrons. The molecule has 124 valence electrons. The number of benzene rings is 1. The Morgan fingerprint density at radius 2 is 2.25 bits per heavy atom. The summed E-state index contributed by atoms with van der Waals surface area (Å²) in [6.07, 6.45) is 3.49. The molecule has 3 rings (SSSR count). The number of hydrogen-bond acceptors (Lipinski definition) is 3. The Labute approximate surface area is 144 Å². The number of nitrogens with zero attached hydrogens (tertiary/aromatic N) is 3. The Balaban J connectivity index is 1.83. The summed E-state index contributed by atoms with van der Waals surface area (Å²) in [6, 6.07) is 7.38. The molecular formula is C17H16ClFN4O. The van der Waals surface area contributed by atoms with Crippen molar-refractivity contribution in [2.45, 2.75) is 0 Å². The second-order valence-electron chi connectivity index (χ2n) is 5.29. The van der Waals surface area contributed by atoms with Gasteiger partial charge < -0.3 is 10.2 Å². The summed E-state index contributed by atoms with van der Waals surface area (Å²) in [5, 5.41) is 2.70. The van der Waals surface area contributed by atoms with Crippen molar-refractivity contribution in [3.05, 3.63) is 60.0 Å².